The third-order valence-electron chi connectivity index (χ3n) is 3.57. The maximum atomic E-state index is 12.1. The minimum Gasteiger partial charge on any atom is -0.494 e. The van der Waals surface area contributed by atoms with Crippen LogP contribution in [0.3, 0.4) is 0 Å². The quantitative estimate of drug-likeness (QED) is 0.392. The molecule has 0 saturated heterocycles. The number of carbonyl (C=O) groups is 1. The largest absolute Gasteiger partial charge is 0.494 e. The van der Waals surface area contributed by atoms with Crippen molar-refractivity contribution in [2.24, 2.45) is 0 Å². The summed E-state index contributed by atoms with van der Waals surface area (Å²) in [5, 5.41) is 4.11. The zero-order chi connectivity index (χ0) is 16.5. The Labute approximate surface area is 137 Å². The normalized spacial score (nSPS) is 11.0. The molecule has 0 N–H and O–H groups in total. The molecule has 1 aromatic carbocycles. The standard InChI is InChI=1S/C19H24N2O2/c1-3-5-6-13-23-18-10-7-16(8-11-18)9-12-19(22)17-14-20-21(4-2)15-17/h7-12,14-15H,3-6,13H2,1-2H3/b12-9+. The van der Waals surface area contributed by atoms with Crippen LogP contribution in [0.15, 0.2) is 42.7 Å². The Kier molecular flexibility index (Phi) is 6.60. The van der Waals surface area contributed by atoms with Crippen LogP contribution in [-0.2, 0) is 6.54 Å². The lowest BCUT2D eigenvalue weighted by Gasteiger charge is -2.05. The molecule has 0 bridgehead atoms. The second-order valence-corrected chi connectivity index (χ2v) is 5.41. The van der Waals surface area contributed by atoms with Gasteiger partial charge < -0.3 is 4.74 Å². The van der Waals surface area contributed by atoms with Gasteiger partial charge in [0.15, 0.2) is 5.78 Å². The highest BCUT2D eigenvalue weighted by atomic mass is 16.5. The number of benzene rings is 1. The van der Waals surface area contributed by atoms with Gasteiger partial charge in [-0.15, -0.1) is 0 Å². The second-order valence-electron chi connectivity index (χ2n) is 5.41. The molecule has 0 aliphatic heterocycles. The Morgan fingerprint density at radius 2 is 2.00 bits per heavy atom. The predicted octanol–water partition coefficient (Wildman–Crippen LogP) is 4.37. The van der Waals surface area contributed by atoms with Crippen LogP contribution in [0.5, 0.6) is 5.75 Å². The van der Waals surface area contributed by atoms with Crippen molar-refractivity contribution in [3.8, 4) is 5.75 Å². The molecular weight excluding hydrogens is 288 g/mol. The van der Waals surface area contributed by atoms with Crippen LogP contribution in [0.4, 0.5) is 0 Å². The van der Waals surface area contributed by atoms with Crippen LogP contribution in [-0.4, -0.2) is 22.2 Å². The van der Waals surface area contributed by atoms with Crippen molar-refractivity contribution in [3.05, 3.63) is 53.9 Å². The van der Waals surface area contributed by atoms with Crippen LogP contribution >= 0.6 is 0 Å². The molecular formula is C19H24N2O2. The number of hydrogen-bond acceptors (Lipinski definition) is 3. The molecule has 0 unspecified atom stereocenters. The number of aromatic nitrogens is 2. The number of hydrogen-bond donors (Lipinski definition) is 0. The maximum absolute atomic E-state index is 12.1. The number of allylic oxidation sites excluding steroid dienone is 1. The van der Waals surface area contributed by atoms with Crippen molar-refractivity contribution < 1.29 is 9.53 Å². The highest BCUT2D eigenvalue weighted by Crippen LogP contribution is 2.14. The summed E-state index contributed by atoms with van der Waals surface area (Å²) >= 11 is 0. The van der Waals surface area contributed by atoms with E-state index in [0.29, 0.717) is 5.56 Å². The summed E-state index contributed by atoms with van der Waals surface area (Å²) in [4.78, 5) is 12.1. The highest BCUT2D eigenvalue weighted by molar-refractivity contribution is 6.06. The second kappa shape index (κ2) is 8.93. The fourth-order valence-corrected chi connectivity index (χ4v) is 2.15. The molecule has 0 spiro atoms. The monoisotopic (exact) mass is 312 g/mol. The van der Waals surface area contributed by atoms with E-state index in [4.69, 9.17) is 4.74 Å². The molecule has 2 rings (SSSR count). The van der Waals surface area contributed by atoms with E-state index in [1.165, 1.54) is 12.8 Å². The Balaban J connectivity index is 1.88. The first-order chi connectivity index (χ1) is 11.2. The summed E-state index contributed by atoms with van der Waals surface area (Å²) < 4.78 is 7.41. The van der Waals surface area contributed by atoms with E-state index in [1.54, 1.807) is 23.2 Å². The fourth-order valence-electron chi connectivity index (χ4n) is 2.15. The minimum atomic E-state index is -0.0374. The number of aryl methyl sites for hydroxylation is 1. The minimum absolute atomic E-state index is 0.0374. The molecule has 1 aromatic heterocycles. The average Bonchev–Trinajstić information content (AvgIpc) is 3.07. The first-order valence-electron chi connectivity index (χ1n) is 8.20. The van der Waals surface area contributed by atoms with E-state index in [2.05, 4.69) is 12.0 Å². The molecule has 0 saturated carbocycles. The SMILES string of the molecule is CCCCCOc1ccc(/C=C/C(=O)c2cnn(CC)c2)cc1. The van der Waals surface area contributed by atoms with Crippen molar-refractivity contribution in [1.29, 1.82) is 0 Å². The van der Waals surface area contributed by atoms with Gasteiger partial charge in [0.2, 0.25) is 0 Å². The summed E-state index contributed by atoms with van der Waals surface area (Å²) in [5.74, 6) is 0.832. The van der Waals surface area contributed by atoms with Crippen molar-refractivity contribution in [3.63, 3.8) is 0 Å². The molecule has 0 aliphatic rings. The van der Waals surface area contributed by atoms with Crippen molar-refractivity contribution >= 4 is 11.9 Å². The molecule has 1 heterocycles. The molecule has 23 heavy (non-hydrogen) atoms. The van der Waals surface area contributed by atoms with Crippen LogP contribution in [0, 0.1) is 0 Å². The van der Waals surface area contributed by atoms with Crippen LogP contribution in [0.1, 0.15) is 49.0 Å². The van der Waals surface area contributed by atoms with Gasteiger partial charge in [-0.1, -0.05) is 38.0 Å². The van der Waals surface area contributed by atoms with Gasteiger partial charge in [-0.25, -0.2) is 0 Å². The van der Waals surface area contributed by atoms with Crippen LogP contribution in [0.25, 0.3) is 6.08 Å². The first-order valence-corrected chi connectivity index (χ1v) is 8.20. The molecule has 122 valence electrons. The van der Waals surface area contributed by atoms with E-state index in [9.17, 15) is 4.79 Å². The topological polar surface area (TPSA) is 44.1 Å². The fraction of sp³-hybridized carbons (Fsp3) is 0.368. The van der Waals surface area contributed by atoms with Gasteiger partial charge in [-0.05, 0) is 37.1 Å². The Hall–Kier alpha value is -2.36. The van der Waals surface area contributed by atoms with Gasteiger partial charge in [0.25, 0.3) is 0 Å². The van der Waals surface area contributed by atoms with Crippen LogP contribution in [0.2, 0.25) is 0 Å². The molecule has 4 nitrogen and oxygen atoms in total. The molecule has 2 aromatic rings. The van der Waals surface area contributed by atoms with E-state index in [0.717, 1.165) is 30.9 Å². The smallest absolute Gasteiger partial charge is 0.189 e. The summed E-state index contributed by atoms with van der Waals surface area (Å²) in [6.07, 6.45) is 10.2. The highest BCUT2D eigenvalue weighted by Gasteiger charge is 2.04. The third kappa shape index (κ3) is 5.40. The van der Waals surface area contributed by atoms with E-state index >= 15 is 0 Å². The summed E-state index contributed by atoms with van der Waals surface area (Å²) in [7, 11) is 0. The van der Waals surface area contributed by atoms with E-state index in [1.807, 2.05) is 37.3 Å². The number of ketones is 1. The molecule has 0 fully saturated rings. The van der Waals surface area contributed by atoms with Gasteiger partial charge in [-0.2, -0.15) is 5.10 Å². The predicted molar refractivity (Wildman–Crippen MR) is 92.7 cm³/mol. The van der Waals surface area contributed by atoms with Gasteiger partial charge >= 0.3 is 0 Å². The third-order valence-corrected chi connectivity index (χ3v) is 3.57. The lowest BCUT2D eigenvalue weighted by molar-refractivity contribution is 0.104. The zero-order valence-corrected chi connectivity index (χ0v) is 13.9. The number of rotatable bonds is 9. The lowest BCUT2D eigenvalue weighted by atomic mass is 10.1. The van der Waals surface area contributed by atoms with Crippen molar-refractivity contribution in [2.45, 2.75) is 39.7 Å². The Morgan fingerprint density at radius 3 is 2.65 bits per heavy atom. The number of carbonyl (C=O) groups excluding carboxylic acids is 1. The molecule has 0 aliphatic carbocycles. The van der Waals surface area contributed by atoms with Gasteiger partial charge in [0.05, 0.1) is 18.4 Å². The first kappa shape index (κ1) is 17.0. The van der Waals surface area contributed by atoms with Gasteiger partial charge in [-0.3, -0.25) is 9.48 Å². The average molecular weight is 312 g/mol. The molecule has 0 atom stereocenters. The Bertz CT molecular complexity index is 642. The summed E-state index contributed by atoms with van der Waals surface area (Å²) in [5.41, 5.74) is 1.58. The van der Waals surface area contributed by atoms with Crippen molar-refractivity contribution in [2.75, 3.05) is 6.61 Å². The summed E-state index contributed by atoms with van der Waals surface area (Å²) in [6, 6.07) is 7.78. The number of unbranched alkanes of at least 4 members (excludes halogenated alkanes) is 2. The number of ether oxygens (including phenoxy) is 1. The molecule has 0 amide bonds. The Morgan fingerprint density at radius 1 is 1.22 bits per heavy atom. The molecule has 0 radical (unpaired) electrons. The van der Waals surface area contributed by atoms with Crippen molar-refractivity contribution in [1.82, 2.24) is 9.78 Å². The van der Waals surface area contributed by atoms with Crippen LogP contribution < -0.4 is 4.74 Å². The number of nitrogens with zero attached hydrogens (tertiary/aromatic N) is 2. The lowest BCUT2D eigenvalue weighted by Crippen LogP contribution is -1.96. The maximum Gasteiger partial charge on any atom is 0.189 e. The molecule has 4 heteroatoms. The van der Waals surface area contributed by atoms with E-state index < -0.39 is 0 Å². The summed E-state index contributed by atoms with van der Waals surface area (Å²) in [6.45, 7) is 5.68. The van der Waals surface area contributed by atoms with Gasteiger partial charge in [0, 0.05) is 12.7 Å². The zero-order valence-electron chi connectivity index (χ0n) is 13.9. The van der Waals surface area contributed by atoms with E-state index in [-0.39, 0.29) is 5.78 Å². The van der Waals surface area contributed by atoms with Gasteiger partial charge in [0.1, 0.15) is 5.75 Å².